The Bertz CT molecular complexity index is 1130. The van der Waals surface area contributed by atoms with E-state index in [0.29, 0.717) is 11.4 Å². The molecule has 1 amide bonds. The molecule has 10 heteroatoms. The third kappa shape index (κ3) is 5.84. The van der Waals surface area contributed by atoms with Crippen LogP contribution in [-0.2, 0) is 11.0 Å². The quantitative estimate of drug-likeness (QED) is 0.425. The van der Waals surface area contributed by atoms with Gasteiger partial charge in [0, 0.05) is 17.1 Å². The SMILES string of the molecule is CC(C)Oc1nc(-c2cccc(C(F)(F)F)c2)n(-c2ccc(NC(=O)C(C)(C)CCl)cc2)n1. The molecule has 1 heterocycles. The maximum Gasteiger partial charge on any atom is 0.416 e. The van der Waals surface area contributed by atoms with Gasteiger partial charge in [-0.25, -0.2) is 4.68 Å². The number of hydrogen-bond acceptors (Lipinski definition) is 4. The van der Waals surface area contributed by atoms with Gasteiger partial charge >= 0.3 is 12.2 Å². The number of aromatic nitrogens is 3. The fourth-order valence-electron chi connectivity index (χ4n) is 2.80. The molecule has 0 bridgehead atoms. The van der Waals surface area contributed by atoms with E-state index in [9.17, 15) is 18.0 Å². The summed E-state index contributed by atoms with van der Waals surface area (Å²) in [7, 11) is 0. The molecular formula is C23H24ClF3N4O2. The largest absolute Gasteiger partial charge is 0.460 e. The van der Waals surface area contributed by atoms with Crippen LogP contribution < -0.4 is 10.1 Å². The Balaban J connectivity index is 1.99. The lowest BCUT2D eigenvalue weighted by atomic mass is 9.95. The van der Waals surface area contributed by atoms with Crippen LogP contribution in [0.4, 0.5) is 18.9 Å². The molecule has 176 valence electrons. The van der Waals surface area contributed by atoms with E-state index in [1.807, 2.05) is 0 Å². The Morgan fingerprint density at radius 3 is 2.39 bits per heavy atom. The van der Waals surface area contributed by atoms with Crippen LogP contribution in [0.15, 0.2) is 48.5 Å². The number of anilines is 1. The summed E-state index contributed by atoms with van der Waals surface area (Å²) in [6.07, 6.45) is -4.72. The number of nitrogens with one attached hydrogen (secondary N) is 1. The lowest BCUT2D eigenvalue weighted by molar-refractivity contribution is -0.137. The molecule has 0 atom stereocenters. The number of hydrogen-bond donors (Lipinski definition) is 1. The molecular weight excluding hydrogens is 457 g/mol. The summed E-state index contributed by atoms with van der Waals surface area (Å²) in [5, 5.41) is 7.12. The zero-order valence-electron chi connectivity index (χ0n) is 18.6. The zero-order chi connectivity index (χ0) is 24.4. The van der Waals surface area contributed by atoms with Crippen molar-refractivity contribution in [2.24, 2.45) is 5.41 Å². The monoisotopic (exact) mass is 480 g/mol. The van der Waals surface area contributed by atoms with Gasteiger partial charge in [0.25, 0.3) is 0 Å². The van der Waals surface area contributed by atoms with E-state index in [1.54, 1.807) is 52.0 Å². The molecule has 0 radical (unpaired) electrons. The number of carbonyl (C=O) groups is 1. The van der Waals surface area contributed by atoms with Crippen molar-refractivity contribution in [3.63, 3.8) is 0 Å². The standard InChI is InChI=1S/C23H24ClF3N4O2/c1-14(2)33-21-29-19(15-6-5-7-16(12-15)23(25,26)27)31(30-21)18-10-8-17(9-11-18)28-20(32)22(3,4)13-24/h5-12,14H,13H2,1-4H3,(H,28,32). The van der Waals surface area contributed by atoms with Crippen molar-refractivity contribution < 1.29 is 22.7 Å². The molecule has 0 aliphatic heterocycles. The Morgan fingerprint density at radius 2 is 1.82 bits per heavy atom. The van der Waals surface area contributed by atoms with E-state index in [4.69, 9.17) is 16.3 Å². The highest BCUT2D eigenvalue weighted by Crippen LogP contribution is 2.33. The van der Waals surface area contributed by atoms with Crippen molar-refractivity contribution in [1.82, 2.24) is 14.8 Å². The second-order valence-corrected chi connectivity index (χ2v) is 8.66. The summed E-state index contributed by atoms with van der Waals surface area (Å²) >= 11 is 5.85. The van der Waals surface area contributed by atoms with Gasteiger partial charge in [-0.15, -0.1) is 16.7 Å². The maximum atomic E-state index is 13.2. The zero-order valence-corrected chi connectivity index (χ0v) is 19.3. The summed E-state index contributed by atoms with van der Waals surface area (Å²) < 4.78 is 46.7. The summed E-state index contributed by atoms with van der Waals surface area (Å²) in [5.74, 6) is 0.120. The second kappa shape index (κ2) is 9.43. The predicted molar refractivity (Wildman–Crippen MR) is 121 cm³/mol. The van der Waals surface area contributed by atoms with Crippen molar-refractivity contribution in [3.8, 4) is 23.1 Å². The van der Waals surface area contributed by atoms with Crippen molar-refractivity contribution in [3.05, 3.63) is 54.1 Å². The van der Waals surface area contributed by atoms with Crippen molar-refractivity contribution in [1.29, 1.82) is 0 Å². The smallest absolute Gasteiger partial charge is 0.416 e. The minimum Gasteiger partial charge on any atom is -0.460 e. The van der Waals surface area contributed by atoms with Crippen molar-refractivity contribution >= 4 is 23.2 Å². The Hall–Kier alpha value is -3.07. The normalized spacial score (nSPS) is 12.2. The van der Waals surface area contributed by atoms with Crippen LogP contribution in [0, 0.1) is 5.41 Å². The molecule has 0 saturated heterocycles. The van der Waals surface area contributed by atoms with Crippen LogP contribution >= 0.6 is 11.6 Å². The molecule has 0 aliphatic rings. The summed E-state index contributed by atoms with van der Waals surface area (Å²) in [4.78, 5) is 16.7. The highest BCUT2D eigenvalue weighted by atomic mass is 35.5. The number of rotatable bonds is 7. The van der Waals surface area contributed by atoms with Gasteiger partial charge in [0.1, 0.15) is 0 Å². The number of amides is 1. The van der Waals surface area contributed by atoms with Gasteiger partial charge in [-0.3, -0.25) is 4.79 Å². The van der Waals surface area contributed by atoms with E-state index in [2.05, 4.69) is 15.4 Å². The average Bonchev–Trinajstić information content (AvgIpc) is 3.16. The second-order valence-electron chi connectivity index (χ2n) is 8.39. The molecule has 3 rings (SSSR count). The van der Waals surface area contributed by atoms with Crippen LogP contribution in [0.5, 0.6) is 6.01 Å². The highest BCUT2D eigenvalue weighted by Gasteiger charge is 2.31. The average molecular weight is 481 g/mol. The van der Waals surface area contributed by atoms with E-state index in [-0.39, 0.29) is 35.3 Å². The topological polar surface area (TPSA) is 69.0 Å². The van der Waals surface area contributed by atoms with Gasteiger partial charge < -0.3 is 10.1 Å². The maximum absolute atomic E-state index is 13.2. The van der Waals surface area contributed by atoms with E-state index in [0.717, 1.165) is 12.1 Å². The molecule has 0 unspecified atom stereocenters. The minimum absolute atomic E-state index is 0.0404. The third-order valence-electron chi connectivity index (χ3n) is 4.70. The molecule has 0 aliphatic carbocycles. The van der Waals surface area contributed by atoms with Gasteiger partial charge in [-0.05, 0) is 64.1 Å². The number of carbonyl (C=O) groups excluding carboxylic acids is 1. The van der Waals surface area contributed by atoms with Crippen LogP contribution in [0.3, 0.4) is 0 Å². The first-order valence-corrected chi connectivity index (χ1v) is 10.7. The number of halogens is 4. The first-order valence-electron chi connectivity index (χ1n) is 10.2. The molecule has 0 saturated carbocycles. The fourth-order valence-corrected chi connectivity index (χ4v) is 2.92. The number of ether oxygens (including phenoxy) is 1. The number of benzene rings is 2. The molecule has 0 spiro atoms. The molecule has 6 nitrogen and oxygen atoms in total. The summed E-state index contributed by atoms with van der Waals surface area (Å²) in [6, 6.07) is 11.6. The van der Waals surface area contributed by atoms with Crippen LogP contribution in [0.25, 0.3) is 17.1 Å². The fraction of sp³-hybridized carbons (Fsp3) is 0.348. The molecule has 3 aromatic rings. The Labute approximate surface area is 194 Å². The van der Waals surface area contributed by atoms with Gasteiger partial charge in [-0.1, -0.05) is 12.1 Å². The first kappa shape index (κ1) is 24.6. The lowest BCUT2D eigenvalue weighted by Gasteiger charge is -2.20. The lowest BCUT2D eigenvalue weighted by Crippen LogP contribution is -2.32. The summed E-state index contributed by atoms with van der Waals surface area (Å²) in [5.41, 5.74) is -0.228. The van der Waals surface area contributed by atoms with E-state index < -0.39 is 17.2 Å². The van der Waals surface area contributed by atoms with Gasteiger partial charge in [0.15, 0.2) is 5.82 Å². The first-order chi connectivity index (χ1) is 15.4. The predicted octanol–water partition coefficient (Wildman–Crippen LogP) is 5.94. The van der Waals surface area contributed by atoms with Crippen LogP contribution in [-0.4, -0.2) is 32.7 Å². The molecule has 0 fully saturated rings. The van der Waals surface area contributed by atoms with Crippen molar-refractivity contribution in [2.75, 3.05) is 11.2 Å². The van der Waals surface area contributed by atoms with Gasteiger partial charge in [0.2, 0.25) is 5.91 Å². The molecule has 1 aromatic heterocycles. The highest BCUT2D eigenvalue weighted by molar-refractivity contribution is 6.20. The van der Waals surface area contributed by atoms with Crippen molar-refractivity contribution in [2.45, 2.75) is 40.0 Å². The summed E-state index contributed by atoms with van der Waals surface area (Å²) in [6.45, 7) is 7.06. The Morgan fingerprint density at radius 1 is 1.15 bits per heavy atom. The van der Waals surface area contributed by atoms with Gasteiger partial charge in [0.05, 0.1) is 22.8 Å². The van der Waals surface area contributed by atoms with Crippen LogP contribution in [0.2, 0.25) is 0 Å². The third-order valence-corrected chi connectivity index (χ3v) is 5.36. The van der Waals surface area contributed by atoms with Crippen LogP contribution in [0.1, 0.15) is 33.3 Å². The molecule has 1 N–H and O–H groups in total. The number of alkyl halides is 4. The minimum atomic E-state index is -4.49. The number of nitrogens with zero attached hydrogens (tertiary/aromatic N) is 3. The molecule has 33 heavy (non-hydrogen) atoms. The Kier molecular flexibility index (Phi) is 7.02. The van der Waals surface area contributed by atoms with Gasteiger partial charge in [-0.2, -0.15) is 18.2 Å². The van der Waals surface area contributed by atoms with E-state index in [1.165, 1.54) is 16.8 Å². The molecule has 2 aromatic carbocycles. The van der Waals surface area contributed by atoms with E-state index >= 15 is 0 Å².